The van der Waals surface area contributed by atoms with Crippen molar-refractivity contribution in [2.24, 2.45) is 5.92 Å². The molecule has 1 saturated heterocycles. The number of fused-ring (bicyclic) bond motifs is 1. The van der Waals surface area contributed by atoms with Gasteiger partial charge in [-0.1, -0.05) is 12.1 Å². The summed E-state index contributed by atoms with van der Waals surface area (Å²) in [4.78, 5) is 20.1. The van der Waals surface area contributed by atoms with E-state index in [4.69, 9.17) is 10.2 Å². The third-order valence-corrected chi connectivity index (χ3v) is 5.59. The number of hydrogen-bond donors (Lipinski definition) is 0. The van der Waals surface area contributed by atoms with E-state index in [1.54, 1.807) is 6.20 Å². The molecule has 0 radical (unpaired) electrons. The van der Waals surface area contributed by atoms with Crippen molar-refractivity contribution in [2.75, 3.05) is 13.1 Å². The molecule has 4 rings (SSSR count). The largest absolute Gasteiger partial charge is 0.339 e. The van der Waals surface area contributed by atoms with Crippen molar-refractivity contribution in [1.29, 1.82) is 5.26 Å². The highest BCUT2D eigenvalue weighted by Gasteiger charge is 2.25. The lowest BCUT2D eigenvalue weighted by molar-refractivity contribution is 0.0709. The van der Waals surface area contributed by atoms with Gasteiger partial charge in [0, 0.05) is 42.2 Å². The summed E-state index contributed by atoms with van der Waals surface area (Å²) in [5.74, 6) is 0.0588. The first kappa shape index (κ1) is 19.1. The van der Waals surface area contributed by atoms with Gasteiger partial charge in [0.15, 0.2) is 0 Å². The highest BCUT2D eigenvalue weighted by Crippen LogP contribution is 2.28. The van der Waals surface area contributed by atoms with Crippen LogP contribution in [0.25, 0.3) is 22.2 Å². The third kappa shape index (κ3) is 3.73. The molecule has 0 spiro atoms. The van der Waals surface area contributed by atoms with Gasteiger partial charge in [0.25, 0.3) is 5.91 Å². The Kier molecular flexibility index (Phi) is 5.06. The molecule has 0 unspecified atom stereocenters. The van der Waals surface area contributed by atoms with Crippen molar-refractivity contribution in [3.8, 4) is 17.3 Å². The van der Waals surface area contributed by atoms with Crippen LogP contribution in [-0.2, 0) is 0 Å². The van der Waals surface area contributed by atoms with Crippen molar-refractivity contribution in [3.63, 3.8) is 0 Å². The van der Waals surface area contributed by atoms with Gasteiger partial charge in [-0.3, -0.25) is 9.48 Å². The maximum atomic E-state index is 13.4. The van der Waals surface area contributed by atoms with Gasteiger partial charge < -0.3 is 4.90 Å². The Labute approximate surface area is 170 Å². The van der Waals surface area contributed by atoms with Gasteiger partial charge in [0.2, 0.25) is 0 Å². The maximum absolute atomic E-state index is 13.4. The van der Waals surface area contributed by atoms with Gasteiger partial charge in [-0.2, -0.15) is 10.4 Å². The van der Waals surface area contributed by atoms with E-state index < -0.39 is 0 Å². The van der Waals surface area contributed by atoms with Crippen molar-refractivity contribution >= 4 is 16.8 Å². The van der Waals surface area contributed by atoms with E-state index in [0.29, 0.717) is 18.7 Å². The Hall–Kier alpha value is -3.20. The summed E-state index contributed by atoms with van der Waals surface area (Å²) < 4.78 is 1.89. The first-order valence-corrected chi connectivity index (χ1v) is 10.1. The Balaban J connectivity index is 1.77. The molecular formula is C23H25N5O. The van der Waals surface area contributed by atoms with Gasteiger partial charge in [0.05, 0.1) is 29.0 Å². The van der Waals surface area contributed by atoms with Gasteiger partial charge in [-0.15, -0.1) is 0 Å². The molecule has 3 aromatic rings. The van der Waals surface area contributed by atoms with Gasteiger partial charge >= 0.3 is 0 Å². The van der Waals surface area contributed by atoms with Crippen LogP contribution in [0.5, 0.6) is 0 Å². The van der Waals surface area contributed by atoms with Gasteiger partial charge in [-0.25, -0.2) is 4.98 Å². The zero-order valence-electron chi connectivity index (χ0n) is 17.1. The summed E-state index contributed by atoms with van der Waals surface area (Å²) in [5, 5.41) is 14.4. The van der Waals surface area contributed by atoms with Crippen molar-refractivity contribution in [1.82, 2.24) is 19.7 Å². The first-order valence-electron chi connectivity index (χ1n) is 10.1. The predicted octanol–water partition coefficient (Wildman–Crippen LogP) is 4.36. The minimum absolute atomic E-state index is 0.00939. The number of carbonyl (C=O) groups is 1. The number of aromatic nitrogens is 3. The number of likely N-dealkylation sites (tertiary alicyclic amines) is 1. The summed E-state index contributed by atoms with van der Waals surface area (Å²) in [6.07, 6.45) is 5.24. The number of hydrogen-bond acceptors (Lipinski definition) is 4. The van der Waals surface area contributed by atoms with E-state index in [2.05, 4.69) is 25.0 Å². The summed E-state index contributed by atoms with van der Waals surface area (Å²) in [5.41, 5.74) is 4.24. The van der Waals surface area contributed by atoms with Crippen LogP contribution >= 0.6 is 0 Å². The van der Waals surface area contributed by atoms with E-state index in [-0.39, 0.29) is 17.9 Å². The number of piperidine rings is 1. The third-order valence-electron chi connectivity index (χ3n) is 5.59. The minimum atomic E-state index is 0.00939. The Morgan fingerprint density at radius 3 is 2.66 bits per heavy atom. The molecule has 1 aliphatic rings. The second-order valence-corrected chi connectivity index (χ2v) is 8.07. The molecule has 1 fully saturated rings. The number of rotatable bonds is 3. The monoisotopic (exact) mass is 387 g/mol. The number of amides is 1. The van der Waals surface area contributed by atoms with E-state index in [1.807, 2.05) is 47.0 Å². The van der Waals surface area contributed by atoms with Gasteiger partial charge in [-0.05, 0) is 51.3 Å². The number of nitriles is 1. The summed E-state index contributed by atoms with van der Waals surface area (Å²) in [6, 6.07) is 10.5. The van der Waals surface area contributed by atoms with Gasteiger partial charge in [0.1, 0.15) is 0 Å². The maximum Gasteiger partial charge on any atom is 0.254 e. The fraction of sp³-hybridized carbons (Fsp3) is 0.391. The minimum Gasteiger partial charge on any atom is -0.339 e. The van der Waals surface area contributed by atoms with Crippen molar-refractivity contribution in [2.45, 2.75) is 39.7 Å². The van der Waals surface area contributed by atoms with Crippen LogP contribution in [0.3, 0.4) is 0 Å². The topological polar surface area (TPSA) is 74.8 Å². The second-order valence-electron chi connectivity index (χ2n) is 8.07. The van der Waals surface area contributed by atoms with Crippen LogP contribution in [0.1, 0.15) is 48.7 Å². The molecule has 1 amide bonds. The second kappa shape index (κ2) is 7.67. The van der Waals surface area contributed by atoms with Crippen molar-refractivity contribution < 1.29 is 4.79 Å². The highest BCUT2D eigenvalue weighted by atomic mass is 16.2. The van der Waals surface area contributed by atoms with Crippen LogP contribution in [0.15, 0.2) is 36.7 Å². The molecule has 1 aromatic carbocycles. The van der Waals surface area contributed by atoms with E-state index in [1.165, 1.54) is 0 Å². The molecule has 0 bridgehead atoms. The lowest BCUT2D eigenvalue weighted by Gasteiger charge is -2.29. The molecule has 29 heavy (non-hydrogen) atoms. The standard InChI is InChI=1S/C23H25N5O/c1-15(2)28-14-18(13-25-28)21-11-20(19-5-4-16(3)10-22(19)26-21)23(29)27-8-6-17(12-24)7-9-27/h4-5,10-11,13-15,17H,6-9H2,1-3H3. The molecule has 0 atom stereocenters. The number of pyridine rings is 1. The normalized spacial score (nSPS) is 15.1. The average Bonchev–Trinajstić information content (AvgIpc) is 3.23. The molecule has 2 aromatic heterocycles. The fourth-order valence-electron chi connectivity index (χ4n) is 3.80. The lowest BCUT2D eigenvalue weighted by atomic mass is 9.97. The van der Waals surface area contributed by atoms with Crippen molar-refractivity contribution in [3.05, 3.63) is 47.8 Å². The number of carbonyl (C=O) groups excluding carboxylic acids is 1. The van der Waals surface area contributed by atoms with E-state index in [0.717, 1.165) is 40.6 Å². The molecule has 148 valence electrons. The molecular weight excluding hydrogens is 362 g/mol. The molecule has 3 heterocycles. The SMILES string of the molecule is Cc1ccc2c(C(=O)N3CCC(C#N)CC3)cc(-c3cnn(C(C)C)c3)nc2c1. The zero-order chi connectivity index (χ0) is 20.5. The van der Waals surface area contributed by atoms with E-state index >= 15 is 0 Å². The molecule has 0 saturated carbocycles. The average molecular weight is 387 g/mol. The highest BCUT2D eigenvalue weighted by molar-refractivity contribution is 6.07. The Morgan fingerprint density at radius 1 is 1.24 bits per heavy atom. The summed E-state index contributed by atoms with van der Waals surface area (Å²) >= 11 is 0. The predicted molar refractivity (Wildman–Crippen MR) is 112 cm³/mol. The summed E-state index contributed by atoms with van der Waals surface area (Å²) in [7, 11) is 0. The quantitative estimate of drug-likeness (QED) is 0.669. The van der Waals surface area contributed by atoms with Crippen LogP contribution in [0, 0.1) is 24.2 Å². The Bertz CT molecular complexity index is 1100. The summed E-state index contributed by atoms with van der Waals surface area (Å²) in [6.45, 7) is 7.42. The zero-order valence-corrected chi connectivity index (χ0v) is 17.1. The number of nitrogens with zero attached hydrogens (tertiary/aromatic N) is 5. The number of benzene rings is 1. The van der Waals surface area contributed by atoms with Crippen LogP contribution in [0.2, 0.25) is 0 Å². The molecule has 0 aliphatic carbocycles. The van der Waals surface area contributed by atoms with Crippen LogP contribution in [0.4, 0.5) is 0 Å². The number of aryl methyl sites for hydroxylation is 1. The smallest absolute Gasteiger partial charge is 0.254 e. The molecule has 1 aliphatic heterocycles. The van der Waals surface area contributed by atoms with E-state index in [9.17, 15) is 4.79 Å². The Morgan fingerprint density at radius 2 is 2.00 bits per heavy atom. The lowest BCUT2D eigenvalue weighted by Crippen LogP contribution is -2.38. The first-order chi connectivity index (χ1) is 14.0. The fourth-order valence-corrected chi connectivity index (χ4v) is 3.80. The van der Waals surface area contributed by atoms with Crippen LogP contribution < -0.4 is 0 Å². The van der Waals surface area contributed by atoms with Crippen LogP contribution in [-0.4, -0.2) is 38.7 Å². The molecule has 6 heteroatoms. The molecule has 6 nitrogen and oxygen atoms in total. The molecule has 0 N–H and O–H groups in total.